The van der Waals surface area contributed by atoms with Gasteiger partial charge >= 0.3 is 0 Å². The van der Waals surface area contributed by atoms with E-state index in [1.165, 1.54) is 13.3 Å². The molecule has 0 saturated heterocycles. The Hall–Kier alpha value is -2.07. The number of para-hydroxylation sites is 1. The minimum Gasteiger partial charge on any atom is -0.496 e. The number of hydrogen-bond donors (Lipinski definition) is 1. The number of rotatable bonds is 3. The summed E-state index contributed by atoms with van der Waals surface area (Å²) < 4.78 is 5.12. The van der Waals surface area contributed by atoms with Crippen LogP contribution in [0.4, 0.5) is 5.82 Å². The van der Waals surface area contributed by atoms with Gasteiger partial charge < -0.3 is 10.1 Å². The average molecular weight is 263 g/mol. The molecule has 5 heteroatoms. The number of nitrogens with zero attached hydrogens (tertiary/aromatic N) is 1. The van der Waals surface area contributed by atoms with E-state index in [9.17, 15) is 4.79 Å². The van der Waals surface area contributed by atoms with Gasteiger partial charge in [0.15, 0.2) is 0 Å². The van der Waals surface area contributed by atoms with Gasteiger partial charge in [-0.05, 0) is 24.3 Å². The third kappa shape index (κ3) is 2.78. The first kappa shape index (κ1) is 12.4. The predicted molar refractivity (Wildman–Crippen MR) is 70.2 cm³/mol. The van der Waals surface area contributed by atoms with Gasteiger partial charge in [-0.3, -0.25) is 4.79 Å². The number of benzene rings is 1. The molecule has 0 aliphatic rings. The summed E-state index contributed by atoms with van der Waals surface area (Å²) in [6.07, 6.45) is 1.53. The molecule has 0 spiro atoms. The van der Waals surface area contributed by atoms with E-state index in [0.29, 0.717) is 22.2 Å². The van der Waals surface area contributed by atoms with Crippen LogP contribution in [0.3, 0.4) is 0 Å². The molecule has 0 bridgehead atoms. The Morgan fingerprint density at radius 3 is 2.83 bits per heavy atom. The molecule has 92 valence electrons. The number of methoxy groups -OCH3 is 1. The number of ether oxygens (including phenoxy) is 1. The first-order valence-electron chi connectivity index (χ1n) is 5.26. The van der Waals surface area contributed by atoms with Crippen molar-refractivity contribution in [3.8, 4) is 5.75 Å². The highest BCUT2D eigenvalue weighted by atomic mass is 35.5. The fraction of sp³-hybridized carbons (Fsp3) is 0.0769. The highest BCUT2D eigenvalue weighted by molar-refractivity contribution is 6.30. The van der Waals surface area contributed by atoms with Crippen molar-refractivity contribution in [3.05, 3.63) is 53.2 Å². The van der Waals surface area contributed by atoms with E-state index in [4.69, 9.17) is 16.3 Å². The first-order valence-corrected chi connectivity index (χ1v) is 5.64. The van der Waals surface area contributed by atoms with Gasteiger partial charge in [0.05, 0.1) is 12.7 Å². The molecule has 18 heavy (non-hydrogen) atoms. The van der Waals surface area contributed by atoms with E-state index < -0.39 is 0 Å². The van der Waals surface area contributed by atoms with Crippen LogP contribution in [0.5, 0.6) is 5.75 Å². The third-order valence-corrected chi connectivity index (χ3v) is 2.55. The van der Waals surface area contributed by atoms with Crippen molar-refractivity contribution >= 4 is 23.3 Å². The Morgan fingerprint density at radius 2 is 2.11 bits per heavy atom. The van der Waals surface area contributed by atoms with E-state index in [1.807, 2.05) is 0 Å². The molecular formula is C13H11ClN2O2. The fourth-order valence-corrected chi connectivity index (χ4v) is 1.65. The molecular weight excluding hydrogens is 252 g/mol. The zero-order chi connectivity index (χ0) is 13.0. The molecule has 0 atom stereocenters. The Balaban J connectivity index is 2.22. The summed E-state index contributed by atoms with van der Waals surface area (Å²) in [7, 11) is 1.52. The standard InChI is InChI=1S/C13H11ClN2O2/c1-18-11-5-3-2-4-10(11)13(17)16-12-8-9(14)6-7-15-12/h2-8H,1H3,(H,15,16,17). The summed E-state index contributed by atoms with van der Waals surface area (Å²) in [5.74, 6) is 0.623. The van der Waals surface area contributed by atoms with Crippen molar-refractivity contribution in [1.29, 1.82) is 0 Å². The average Bonchev–Trinajstić information content (AvgIpc) is 2.38. The van der Waals surface area contributed by atoms with Crippen molar-refractivity contribution in [3.63, 3.8) is 0 Å². The number of pyridine rings is 1. The second kappa shape index (κ2) is 5.51. The summed E-state index contributed by atoms with van der Waals surface area (Å²) in [6.45, 7) is 0. The molecule has 0 aliphatic carbocycles. The van der Waals surface area contributed by atoms with Gasteiger partial charge in [0, 0.05) is 11.2 Å². The normalized spacial score (nSPS) is 9.89. The first-order chi connectivity index (χ1) is 8.70. The minimum atomic E-state index is -0.290. The molecule has 2 rings (SSSR count). The zero-order valence-electron chi connectivity index (χ0n) is 9.68. The number of nitrogens with one attached hydrogen (secondary N) is 1. The molecule has 1 heterocycles. The van der Waals surface area contributed by atoms with E-state index in [-0.39, 0.29) is 5.91 Å². The smallest absolute Gasteiger partial charge is 0.260 e. The Kier molecular flexibility index (Phi) is 3.79. The van der Waals surface area contributed by atoms with Crippen molar-refractivity contribution < 1.29 is 9.53 Å². The van der Waals surface area contributed by atoms with Crippen molar-refractivity contribution in [2.75, 3.05) is 12.4 Å². The van der Waals surface area contributed by atoms with Crippen LogP contribution in [0.1, 0.15) is 10.4 Å². The highest BCUT2D eigenvalue weighted by Crippen LogP contribution is 2.19. The van der Waals surface area contributed by atoms with Crippen molar-refractivity contribution in [1.82, 2.24) is 4.98 Å². The maximum atomic E-state index is 12.0. The van der Waals surface area contributed by atoms with Crippen LogP contribution < -0.4 is 10.1 Å². The Labute approximate surface area is 110 Å². The second-order valence-electron chi connectivity index (χ2n) is 3.51. The molecule has 1 N–H and O–H groups in total. The van der Waals surface area contributed by atoms with Crippen molar-refractivity contribution in [2.45, 2.75) is 0 Å². The van der Waals surface area contributed by atoms with Gasteiger partial charge in [0.25, 0.3) is 5.91 Å². The topological polar surface area (TPSA) is 51.2 Å². The predicted octanol–water partition coefficient (Wildman–Crippen LogP) is 3.00. The summed E-state index contributed by atoms with van der Waals surface area (Å²) in [5, 5.41) is 3.17. The monoisotopic (exact) mass is 262 g/mol. The third-order valence-electron chi connectivity index (χ3n) is 2.32. The van der Waals surface area contributed by atoms with Crippen LogP contribution in [0, 0.1) is 0 Å². The quantitative estimate of drug-likeness (QED) is 0.925. The van der Waals surface area contributed by atoms with E-state index in [1.54, 1.807) is 36.4 Å². The molecule has 4 nitrogen and oxygen atoms in total. The molecule has 1 aromatic carbocycles. The summed E-state index contributed by atoms with van der Waals surface area (Å²) in [4.78, 5) is 16.0. The number of hydrogen-bond acceptors (Lipinski definition) is 3. The van der Waals surface area contributed by atoms with Gasteiger partial charge in [-0.15, -0.1) is 0 Å². The largest absolute Gasteiger partial charge is 0.496 e. The number of halogens is 1. The lowest BCUT2D eigenvalue weighted by Crippen LogP contribution is -2.13. The van der Waals surface area contributed by atoms with Crippen molar-refractivity contribution in [2.24, 2.45) is 0 Å². The molecule has 1 aromatic heterocycles. The maximum absolute atomic E-state index is 12.0. The van der Waals surface area contributed by atoms with Crippen LogP contribution in [0.15, 0.2) is 42.6 Å². The Morgan fingerprint density at radius 1 is 1.33 bits per heavy atom. The zero-order valence-corrected chi connectivity index (χ0v) is 10.4. The lowest BCUT2D eigenvalue weighted by atomic mass is 10.2. The Bertz CT molecular complexity index is 572. The molecule has 0 fully saturated rings. The molecule has 0 aliphatic heterocycles. The minimum absolute atomic E-state index is 0.290. The van der Waals surface area contributed by atoms with E-state index in [2.05, 4.69) is 10.3 Å². The molecule has 0 saturated carbocycles. The SMILES string of the molecule is COc1ccccc1C(=O)Nc1cc(Cl)ccn1. The number of anilines is 1. The van der Waals surface area contributed by atoms with Gasteiger partial charge in [0.2, 0.25) is 0 Å². The van der Waals surface area contributed by atoms with Crippen LogP contribution in [-0.2, 0) is 0 Å². The van der Waals surface area contributed by atoms with Gasteiger partial charge in [-0.2, -0.15) is 0 Å². The molecule has 0 radical (unpaired) electrons. The number of amides is 1. The summed E-state index contributed by atoms with van der Waals surface area (Å²) >= 11 is 5.82. The lowest BCUT2D eigenvalue weighted by molar-refractivity contribution is 0.102. The lowest BCUT2D eigenvalue weighted by Gasteiger charge is -2.08. The van der Waals surface area contributed by atoms with Gasteiger partial charge in [-0.25, -0.2) is 4.98 Å². The number of carbonyl (C=O) groups excluding carboxylic acids is 1. The highest BCUT2D eigenvalue weighted by Gasteiger charge is 2.11. The maximum Gasteiger partial charge on any atom is 0.260 e. The van der Waals surface area contributed by atoms with Crippen LogP contribution in [-0.4, -0.2) is 18.0 Å². The fourth-order valence-electron chi connectivity index (χ4n) is 1.49. The molecule has 2 aromatic rings. The number of aromatic nitrogens is 1. The molecule has 0 unspecified atom stereocenters. The van der Waals surface area contributed by atoms with Gasteiger partial charge in [-0.1, -0.05) is 23.7 Å². The van der Waals surface area contributed by atoms with E-state index >= 15 is 0 Å². The summed E-state index contributed by atoms with van der Waals surface area (Å²) in [5.41, 5.74) is 0.446. The molecule has 1 amide bonds. The second-order valence-corrected chi connectivity index (χ2v) is 3.95. The number of carbonyl (C=O) groups is 1. The van der Waals surface area contributed by atoms with Crippen LogP contribution >= 0.6 is 11.6 Å². The van der Waals surface area contributed by atoms with Crippen LogP contribution in [0.2, 0.25) is 5.02 Å². The summed E-state index contributed by atoms with van der Waals surface area (Å²) in [6, 6.07) is 10.2. The van der Waals surface area contributed by atoms with Crippen LogP contribution in [0.25, 0.3) is 0 Å². The van der Waals surface area contributed by atoms with Gasteiger partial charge in [0.1, 0.15) is 11.6 Å². The van der Waals surface area contributed by atoms with E-state index in [0.717, 1.165) is 0 Å².